The molecule has 0 saturated carbocycles. The molecule has 3 rings (SSSR count). The van der Waals surface area contributed by atoms with Crippen molar-refractivity contribution in [2.75, 3.05) is 6.61 Å². The first-order valence-electron chi connectivity index (χ1n) is 7.10. The molecule has 0 atom stereocenters. The van der Waals surface area contributed by atoms with Gasteiger partial charge < -0.3 is 9.30 Å². The molecular weight excluding hydrogens is 262 g/mol. The molecule has 2 aromatic carbocycles. The second-order valence-corrected chi connectivity index (χ2v) is 4.92. The Kier molecular flexibility index (Phi) is 4.01. The minimum Gasteiger partial charge on any atom is -0.462 e. The predicted octanol–water partition coefficient (Wildman–Crippen LogP) is 3.89. The molecule has 0 radical (unpaired) electrons. The smallest absolute Gasteiger partial charge is 0.338 e. The fourth-order valence-corrected chi connectivity index (χ4v) is 2.39. The molecule has 1 aromatic heterocycles. The number of ether oxygens (including phenoxy) is 1. The van der Waals surface area contributed by atoms with Crippen molar-refractivity contribution in [1.29, 1.82) is 0 Å². The zero-order valence-corrected chi connectivity index (χ0v) is 11.7. The lowest BCUT2D eigenvalue weighted by Crippen LogP contribution is -2.08. The molecule has 0 bridgehead atoms. The van der Waals surface area contributed by atoms with Crippen LogP contribution in [0.3, 0.4) is 0 Å². The minimum atomic E-state index is -0.257. The van der Waals surface area contributed by atoms with E-state index in [1.165, 1.54) is 10.9 Å². The van der Waals surface area contributed by atoms with Crippen LogP contribution in [0.15, 0.2) is 66.9 Å². The summed E-state index contributed by atoms with van der Waals surface area (Å²) in [6, 6.07) is 19.5. The summed E-state index contributed by atoms with van der Waals surface area (Å²) >= 11 is 0. The van der Waals surface area contributed by atoms with E-state index in [0.29, 0.717) is 12.2 Å². The Morgan fingerprint density at radius 3 is 2.57 bits per heavy atom. The third-order valence-corrected chi connectivity index (χ3v) is 3.47. The average molecular weight is 279 g/mol. The van der Waals surface area contributed by atoms with Crippen LogP contribution in [0.5, 0.6) is 0 Å². The predicted molar refractivity (Wildman–Crippen MR) is 83.3 cm³/mol. The second kappa shape index (κ2) is 6.27. The van der Waals surface area contributed by atoms with Gasteiger partial charge in [0.1, 0.15) is 0 Å². The fourth-order valence-electron chi connectivity index (χ4n) is 2.39. The van der Waals surface area contributed by atoms with Crippen molar-refractivity contribution in [2.45, 2.75) is 13.0 Å². The van der Waals surface area contributed by atoms with Gasteiger partial charge >= 0.3 is 5.97 Å². The molecule has 0 unspecified atom stereocenters. The molecule has 0 aliphatic carbocycles. The van der Waals surface area contributed by atoms with E-state index < -0.39 is 0 Å². The highest BCUT2D eigenvalue weighted by Crippen LogP contribution is 2.15. The van der Waals surface area contributed by atoms with Crippen LogP contribution in [-0.2, 0) is 11.3 Å². The molecule has 0 saturated heterocycles. The van der Waals surface area contributed by atoms with E-state index >= 15 is 0 Å². The Morgan fingerprint density at radius 1 is 0.952 bits per heavy atom. The highest BCUT2D eigenvalue weighted by Gasteiger charge is 2.05. The summed E-state index contributed by atoms with van der Waals surface area (Å²) < 4.78 is 7.47. The van der Waals surface area contributed by atoms with Gasteiger partial charge in [0.15, 0.2) is 0 Å². The molecule has 0 amide bonds. The summed E-state index contributed by atoms with van der Waals surface area (Å²) in [6.45, 7) is 1.27. The molecule has 0 N–H and O–H groups in total. The summed E-state index contributed by atoms with van der Waals surface area (Å²) in [7, 11) is 0. The second-order valence-electron chi connectivity index (χ2n) is 4.92. The van der Waals surface area contributed by atoms with Gasteiger partial charge in [-0.05, 0) is 36.1 Å². The van der Waals surface area contributed by atoms with Gasteiger partial charge in [0.25, 0.3) is 0 Å². The first-order chi connectivity index (χ1) is 10.3. The third kappa shape index (κ3) is 3.14. The number of aryl methyl sites for hydroxylation is 1. The van der Waals surface area contributed by atoms with E-state index in [2.05, 4.69) is 29.0 Å². The van der Waals surface area contributed by atoms with Crippen molar-refractivity contribution in [1.82, 2.24) is 4.57 Å². The van der Waals surface area contributed by atoms with Crippen LogP contribution < -0.4 is 0 Å². The largest absolute Gasteiger partial charge is 0.462 e. The molecule has 3 aromatic rings. The van der Waals surface area contributed by atoms with Crippen LogP contribution >= 0.6 is 0 Å². The average Bonchev–Trinajstić information content (AvgIpc) is 2.95. The topological polar surface area (TPSA) is 31.2 Å². The Labute approximate surface area is 123 Å². The highest BCUT2D eigenvalue weighted by atomic mass is 16.5. The number of carbonyl (C=O) groups is 1. The van der Waals surface area contributed by atoms with E-state index in [1.54, 1.807) is 12.1 Å². The lowest BCUT2D eigenvalue weighted by atomic mass is 10.2. The van der Waals surface area contributed by atoms with Crippen LogP contribution in [0.2, 0.25) is 0 Å². The van der Waals surface area contributed by atoms with Crippen molar-refractivity contribution < 1.29 is 9.53 Å². The van der Waals surface area contributed by atoms with Crippen LogP contribution in [0.4, 0.5) is 0 Å². The fraction of sp³-hybridized carbons (Fsp3) is 0.167. The number of para-hydroxylation sites is 1. The number of benzene rings is 2. The summed E-state index contributed by atoms with van der Waals surface area (Å²) in [6.07, 6.45) is 2.88. The first kappa shape index (κ1) is 13.4. The van der Waals surface area contributed by atoms with Crippen molar-refractivity contribution >= 4 is 16.9 Å². The van der Waals surface area contributed by atoms with Crippen molar-refractivity contribution in [2.24, 2.45) is 0 Å². The molecule has 0 spiro atoms. The Hall–Kier alpha value is -2.55. The van der Waals surface area contributed by atoms with Gasteiger partial charge in [0.05, 0.1) is 12.2 Å². The van der Waals surface area contributed by atoms with Crippen molar-refractivity contribution in [3.05, 3.63) is 72.4 Å². The lowest BCUT2D eigenvalue weighted by Gasteiger charge is -2.07. The van der Waals surface area contributed by atoms with E-state index in [4.69, 9.17) is 4.74 Å². The number of hydrogen-bond donors (Lipinski definition) is 0. The number of fused-ring (bicyclic) bond motifs is 1. The summed E-state index contributed by atoms with van der Waals surface area (Å²) in [4.78, 5) is 11.8. The van der Waals surface area contributed by atoms with E-state index in [-0.39, 0.29) is 5.97 Å². The molecule has 106 valence electrons. The van der Waals surface area contributed by atoms with Gasteiger partial charge in [-0.2, -0.15) is 0 Å². The number of aromatic nitrogens is 1. The minimum absolute atomic E-state index is 0.257. The maximum Gasteiger partial charge on any atom is 0.338 e. The molecule has 1 heterocycles. The zero-order chi connectivity index (χ0) is 14.5. The number of esters is 1. The standard InChI is InChI=1S/C18H17NO2/c20-18(16-8-2-1-3-9-16)21-14-6-12-19-13-11-15-7-4-5-10-17(15)19/h1-5,7-11,13H,6,12,14H2. The SMILES string of the molecule is O=C(OCCCn1ccc2ccccc21)c1ccccc1. The van der Waals surface area contributed by atoms with Crippen LogP contribution in [0.1, 0.15) is 16.8 Å². The van der Waals surface area contributed by atoms with Crippen LogP contribution in [0.25, 0.3) is 10.9 Å². The molecule has 0 aliphatic heterocycles. The van der Waals surface area contributed by atoms with Crippen LogP contribution in [0, 0.1) is 0 Å². The zero-order valence-electron chi connectivity index (χ0n) is 11.7. The van der Waals surface area contributed by atoms with E-state index in [0.717, 1.165) is 13.0 Å². The van der Waals surface area contributed by atoms with Gasteiger partial charge in [-0.3, -0.25) is 0 Å². The monoisotopic (exact) mass is 279 g/mol. The van der Waals surface area contributed by atoms with Gasteiger partial charge in [-0.15, -0.1) is 0 Å². The molecule has 0 fully saturated rings. The highest BCUT2D eigenvalue weighted by molar-refractivity contribution is 5.89. The first-order valence-corrected chi connectivity index (χ1v) is 7.10. The molecule has 3 heteroatoms. The Balaban J connectivity index is 1.52. The summed E-state index contributed by atoms with van der Waals surface area (Å²) in [5.41, 5.74) is 1.82. The van der Waals surface area contributed by atoms with Gasteiger partial charge in [0, 0.05) is 18.3 Å². The third-order valence-electron chi connectivity index (χ3n) is 3.47. The summed E-state index contributed by atoms with van der Waals surface area (Å²) in [5, 5.41) is 1.23. The van der Waals surface area contributed by atoms with Gasteiger partial charge in [-0.1, -0.05) is 36.4 Å². The lowest BCUT2D eigenvalue weighted by molar-refractivity contribution is 0.0496. The number of hydrogen-bond acceptors (Lipinski definition) is 2. The molecular formula is C18H17NO2. The van der Waals surface area contributed by atoms with Crippen molar-refractivity contribution in [3.8, 4) is 0 Å². The summed E-state index contributed by atoms with van der Waals surface area (Å²) in [5.74, 6) is -0.257. The Bertz CT molecular complexity index is 731. The van der Waals surface area contributed by atoms with Gasteiger partial charge in [-0.25, -0.2) is 4.79 Å². The number of nitrogens with zero attached hydrogens (tertiary/aromatic N) is 1. The quantitative estimate of drug-likeness (QED) is 0.524. The van der Waals surface area contributed by atoms with E-state index in [1.807, 2.05) is 30.3 Å². The van der Waals surface area contributed by atoms with Gasteiger partial charge in [0.2, 0.25) is 0 Å². The Morgan fingerprint density at radius 2 is 1.71 bits per heavy atom. The maximum absolute atomic E-state index is 11.8. The van der Waals surface area contributed by atoms with Crippen molar-refractivity contribution in [3.63, 3.8) is 0 Å². The molecule has 3 nitrogen and oxygen atoms in total. The maximum atomic E-state index is 11.8. The van der Waals surface area contributed by atoms with Crippen LogP contribution in [-0.4, -0.2) is 17.1 Å². The molecule has 21 heavy (non-hydrogen) atoms. The van der Waals surface area contributed by atoms with E-state index in [9.17, 15) is 4.79 Å². The normalized spacial score (nSPS) is 10.7. The number of rotatable bonds is 5. The number of carbonyl (C=O) groups excluding carboxylic acids is 1. The molecule has 0 aliphatic rings.